The van der Waals surface area contributed by atoms with Gasteiger partial charge in [0.25, 0.3) is 0 Å². The molecule has 0 spiro atoms. The zero-order valence-corrected chi connectivity index (χ0v) is 12.9. The molecular weight excluding hydrogens is 272 g/mol. The Labute approximate surface area is 122 Å². The summed E-state index contributed by atoms with van der Waals surface area (Å²) in [7, 11) is 3.74. The first-order valence-electron chi connectivity index (χ1n) is 6.30. The van der Waals surface area contributed by atoms with E-state index in [9.17, 15) is 4.79 Å². The number of rotatable bonds is 4. The number of carbonyl (C=O) groups is 1. The van der Waals surface area contributed by atoms with Crippen LogP contribution in [-0.2, 0) is 4.79 Å². The van der Waals surface area contributed by atoms with Crippen LogP contribution in [0.1, 0.15) is 22.2 Å². The number of carbonyl (C=O) groups excluding carboxylic acids is 1. The van der Waals surface area contributed by atoms with Crippen molar-refractivity contribution < 1.29 is 4.79 Å². The third-order valence-corrected chi connectivity index (χ3v) is 4.01. The van der Waals surface area contributed by atoms with E-state index in [1.165, 1.54) is 11.3 Å². The van der Waals surface area contributed by atoms with Crippen molar-refractivity contribution in [1.82, 2.24) is 14.9 Å². The van der Waals surface area contributed by atoms with Gasteiger partial charge < -0.3 is 5.32 Å². The third kappa shape index (κ3) is 3.20. The van der Waals surface area contributed by atoms with E-state index in [1.807, 2.05) is 45.0 Å². The predicted octanol–water partition coefficient (Wildman–Crippen LogP) is 2.40. The molecule has 2 rings (SSSR count). The summed E-state index contributed by atoms with van der Waals surface area (Å²) >= 11 is 1.49. The van der Waals surface area contributed by atoms with E-state index in [-0.39, 0.29) is 11.9 Å². The van der Waals surface area contributed by atoms with Gasteiger partial charge in [-0.15, -0.1) is 11.3 Å². The van der Waals surface area contributed by atoms with Gasteiger partial charge in [-0.05, 0) is 39.6 Å². The van der Waals surface area contributed by atoms with Crippen molar-refractivity contribution >= 4 is 22.4 Å². The Hall–Kier alpha value is -1.79. The number of likely N-dealkylation sites (N-methyl/N-ethyl adjacent to an activating group) is 1. The fourth-order valence-electron chi connectivity index (χ4n) is 1.92. The molecule has 0 aliphatic rings. The highest BCUT2D eigenvalue weighted by Crippen LogP contribution is 2.24. The van der Waals surface area contributed by atoms with Crippen LogP contribution in [0.5, 0.6) is 0 Å². The molecule has 2 heterocycles. The summed E-state index contributed by atoms with van der Waals surface area (Å²) in [5, 5.41) is 3.52. The number of nitrogens with zero attached hydrogens (tertiary/aromatic N) is 3. The van der Waals surface area contributed by atoms with Crippen molar-refractivity contribution in [2.24, 2.45) is 0 Å². The standard InChI is InChI=1S/C14H18N4OS/c1-9-10(2)20-14(16-9)17-13(19)12(18(3)4)11-6-5-7-15-8-11/h5-8,12H,1-4H3,(H,16,17,19). The SMILES string of the molecule is Cc1nc(NC(=O)C(c2cccnc2)N(C)C)sc1C. The van der Waals surface area contributed by atoms with Crippen LogP contribution in [-0.4, -0.2) is 34.9 Å². The van der Waals surface area contributed by atoms with Gasteiger partial charge in [-0.1, -0.05) is 6.07 Å². The monoisotopic (exact) mass is 290 g/mol. The van der Waals surface area contributed by atoms with Crippen molar-refractivity contribution in [3.05, 3.63) is 40.7 Å². The minimum absolute atomic E-state index is 0.100. The first-order valence-corrected chi connectivity index (χ1v) is 7.12. The Kier molecular flexibility index (Phi) is 4.46. The molecule has 6 heteroatoms. The second-order valence-corrected chi connectivity index (χ2v) is 6.01. The summed E-state index contributed by atoms with van der Waals surface area (Å²) in [5.41, 5.74) is 1.81. The average molecular weight is 290 g/mol. The van der Waals surface area contributed by atoms with Crippen molar-refractivity contribution in [2.75, 3.05) is 19.4 Å². The summed E-state index contributed by atoms with van der Waals surface area (Å²) in [4.78, 5) is 23.8. The molecule has 5 nitrogen and oxygen atoms in total. The van der Waals surface area contributed by atoms with E-state index < -0.39 is 0 Å². The van der Waals surface area contributed by atoms with Gasteiger partial charge in [-0.25, -0.2) is 4.98 Å². The second-order valence-electron chi connectivity index (χ2n) is 4.80. The Morgan fingerprint density at radius 1 is 1.40 bits per heavy atom. The molecular formula is C14H18N4OS. The normalized spacial score (nSPS) is 12.4. The average Bonchev–Trinajstić information content (AvgIpc) is 2.69. The maximum atomic E-state index is 12.5. The molecule has 0 aliphatic carbocycles. The van der Waals surface area contributed by atoms with Crippen LogP contribution in [0.15, 0.2) is 24.5 Å². The highest BCUT2D eigenvalue weighted by molar-refractivity contribution is 7.15. The van der Waals surface area contributed by atoms with Crippen LogP contribution in [0.25, 0.3) is 0 Å². The lowest BCUT2D eigenvalue weighted by molar-refractivity contribution is -0.120. The molecule has 1 N–H and O–H groups in total. The van der Waals surface area contributed by atoms with Crippen molar-refractivity contribution in [2.45, 2.75) is 19.9 Å². The van der Waals surface area contributed by atoms with Gasteiger partial charge in [0.2, 0.25) is 5.91 Å². The van der Waals surface area contributed by atoms with Crippen LogP contribution in [0.2, 0.25) is 0 Å². The van der Waals surface area contributed by atoms with E-state index in [0.29, 0.717) is 5.13 Å². The molecule has 0 aromatic carbocycles. The molecule has 20 heavy (non-hydrogen) atoms. The second kappa shape index (κ2) is 6.11. The number of anilines is 1. The number of pyridine rings is 1. The summed E-state index contributed by atoms with van der Waals surface area (Å²) in [6.07, 6.45) is 3.41. The molecule has 0 aliphatic heterocycles. The van der Waals surface area contributed by atoms with E-state index in [0.717, 1.165) is 16.1 Å². The van der Waals surface area contributed by atoms with Crippen LogP contribution in [0.4, 0.5) is 5.13 Å². The van der Waals surface area contributed by atoms with E-state index in [2.05, 4.69) is 15.3 Å². The van der Waals surface area contributed by atoms with Crippen molar-refractivity contribution in [3.63, 3.8) is 0 Å². The van der Waals surface area contributed by atoms with Gasteiger partial charge in [-0.3, -0.25) is 14.7 Å². The zero-order valence-electron chi connectivity index (χ0n) is 12.0. The zero-order chi connectivity index (χ0) is 14.7. The number of hydrogen-bond acceptors (Lipinski definition) is 5. The van der Waals surface area contributed by atoms with Gasteiger partial charge in [-0.2, -0.15) is 0 Å². The molecule has 1 unspecified atom stereocenters. The van der Waals surface area contributed by atoms with Gasteiger partial charge in [0, 0.05) is 17.3 Å². The van der Waals surface area contributed by atoms with Crippen LogP contribution < -0.4 is 5.32 Å². The summed E-state index contributed by atoms with van der Waals surface area (Å²) in [6, 6.07) is 3.35. The van der Waals surface area contributed by atoms with E-state index >= 15 is 0 Å². The molecule has 106 valence electrons. The Morgan fingerprint density at radius 3 is 2.65 bits per heavy atom. The number of amides is 1. The van der Waals surface area contributed by atoms with Gasteiger partial charge in [0.15, 0.2) is 5.13 Å². The fourth-order valence-corrected chi connectivity index (χ4v) is 2.74. The number of hydrogen-bond donors (Lipinski definition) is 1. The summed E-state index contributed by atoms with van der Waals surface area (Å²) in [5.74, 6) is -0.100. The number of thiazole rings is 1. The van der Waals surface area contributed by atoms with Crippen molar-refractivity contribution in [3.8, 4) is 0 Å². The topological polar surface area (TPSA) is 58.1 Å². The molecule has 1 amide bonds. The molecule has 1 atom stereocenters. The van der Waals surface area contributed by atoms with Gasteiger partial charge >= 0.3 is 0 Å². The first kappa shape index (κ1) is 14.6. The highest BCUT2D eigenvalue weighted by atomic mass is 32.1. The van der Waals surface area contributed by atoms with Crippen molar-refractivity contribution in [1.29, 1.82) is 0 Å². The number of aromatic nitrogens is 2. The minimum Gasteiger partial charge on any atom is -0.300 e. The summed E-state index contributed by atoms with van der Waals surface area (Å²) < 4.78 is 0. The number of nitrogens with one attached hydrogen (secondary N) is 1. The maximum Gasteiger partial charge on any atom is 0.248 e. The van der Waals surface area contributed by atoms with E-state index in [4.69, 9.17) is 0 Å². The fraction of sp³-hybridized carbons (Fsp3) is 0.357. The third-order valence-electron chi connectivity index (χ3n) is 3.02. The smallest absolute Gasteiger partial charge is 0.248 e. The molecule has 2 aromatic heterocycles. The predicted molar refractivity (Wildman–Crippen MR) is 80.9 cm³/mol. The lowest BCUT2D eigenvalue weighted by Gasteiger charge is -2.22. The van der Waals surface area contributed by atoms with Crippen LogP contribution in [0.3, 0.4) is 0 Å². The molecule has 0 saturated carbocycles. The minimum atomic E-state index is -0.381. The molecule has 2 aromatic rings. The largest absolute Gasteiger partial charge is 0.300 e. The molecule has 0 bridgehead atoms. The molecule has 0 saturated heterocycles. The summed E-state index contributed by atoms with van der Waals surface area (Å²) in [6.45, 7) is 3.93. The quantitative estimate of drug-likeness (QED) is 0.939. The Morgan fingerprint density at radius 2 is 2.15 bits per heavy atom. The van der Waals surface area contributed by atoms with Crippen LogP contribution >= 0.6 is 11.3 Å². The maximum absolute atomic E-state index is 12.5. The first-order chi connectivity index (χ1) is 9.49. The van der Waals surface area contributed by atoms with E-state index in [1.54, 1.807) is 12.4 Å². The van der Waals surface area contributed by atoms with Crippen LogP contribution in [0, 0.1) is 13.8 Å². The van der Waals surface area contributed by atoms with Gasteiger partial charge in [0.1, 0.15) is 6.04 Å². The molecule has 0 fully saturated rings. The Bertz CT molecular complexity index is 575. The Balaban J connectivity index is 2.20. The lowest BCUT2D eigenvalue weighted by atomic mass is 10.1. The highest BCUT2D eigenvalue weighted by Gasteiger charge is 2.24. The van der Waals surface area contributed by atoms with Gasteiger partial charge in [0.05, 0.1) is 5.69 Å². The number of aryl methyl sites for hydroxylation is 2. The lowest BCUT2D eigenvalue weighted by Crippen LogP contribution is -2.32. The molecule has 0 radical (unpaired) electrons.